The number of hydrogen-bond acceptors (Lipinski definition) is 7. The van der Waals surface area contributed by atoms with E-state index in [-0.39, 0.29) is 30.9 Å². The molecule has 1 aromatic carbocycles. The number of thiazole rings is 1. The third-order valence-electron chi connectivity index (χ3n) is 7.45. The van der Waals surface area contributed by atoms with Crippen LogP contribution in [-0.4, -0.2) is 88.0 Å². The first-order valence-corrected chi connectivity index (χ1v) is 14.2. The number of rotatable bonds is 6. The van der Waals surface area contributed by atoms with Crippen molar-refractivity contribution in [2.75, 3.05) is 33.3 Å². The summed E-state index contributed by atoms with van der Waals surface area (Å²) in [4.78, 5) is 52.3. The van der Waals surface area contributed by atoms with Gasteiger partial charge in [-0.05, 0) is 51.6 Å². The Morgan fingerprint density at radius 3 is 2.72 bits per heavy atom. The Morgan fingerprint density at radius 1 is 1.18 bits per heavy atom. The van der Waals surface area contributed by atoms with E-state index in [0.29, 0.717) is 28.7 Å². The van der Waals surface area contributed by atoms with Crippen LogP contribution in [-0.2, 0) is 17.8 Å². The van der Waals surface area contributed by atoms with Crippen molar-refractivity contribution < 1.29 is 19.5 Å². The Balaban J connectivity index is 1.35. The van der Waals surface area contributed by atoms with E-state index in [2.05, 4.69) is 25.5 Å². The van der Waals surface area contributed by atoms with Crippen molar-refractivity contribution in [3.63, 3.8) is 0 Å². The van der Waals surface area contributed by atoms with E-state index in [1.807, 2.05) is 13.1 Å². The average Bonchev–Trinajstić information content (AvgIpc) is 3.53. The highest BCUT2D eigenvalue weighted by Gasteiger charge is 2.39. The molecule has 0 bridgehead atoms. The summed E-state index contributed by atoms with van der Waals surface area (Å²) < 4.78 is 0. The smallest absolute Gasteiger partial charge is 0.280 e. The second-order valence-corrected chi connectivity index (χ2v) is 12.6. The minimum Gasteiger partial charge on any atom is -0.395 e. The summed E-state index contributed by atoms with van der Waals surface area (Å²) >= 11 is 7.48. The van der Waals surface area contributed by atoms with E-state index < -0.39 is 17.5 Å². The molecular formula is C27H33ClN6O4S. The zero-order chi connectivity index (χ0) is 27.9. The zero-order valence-electron chi connectivity index (χ0n) is 22.2. The number of aromatic nitrogens is 2. The van der Waals surface area contributed by atoms with Gasteiger partial charge in [-0.2, -0.15) is 0 Å². The third kappa shape index (κ3) is 5.81. The number of nitrogens with zero attached hydrogens (tertiary/aromatic N) is 3. The molecule has 1 fully saturated rings. The molecule has 2 aliphatic heterocycles. The second-order valence-electron chi connectivity index (χ2n) is 11.0. The molecule has 3 aromatic rings. The molecule has 0 spiro atoms. The molecule has 39 heavy (non-hydrogen) atoms. The lowest BCUT2D eigenvalue weighted by Gasteiger charge is -2.41. The number of amides is 3. The zero-order valence-corrected chi connectivity index (χ0v) is 23.8. The van der Waals surface area contributed by atoms with Gasteiger partial charge in [0, 0.05) is 53.4 Å². The number of aromatic amines is 1. The van der Waals surface area contributed by atoms with E-state index >= 15 is 0 Å². The lowest BCUT2D eigenvalue weighted by Crippen LogP contribution is -2.62. The van der Waals surface area contributed by atoms with E-state index in [1.54, 1.807) is 36.9 Å². The number of piperidine rings is 1. The maximum Gasteiger partial charge on any atom is 0.280 e. The van der Waals surface area contributed by atoms with Gasteiger partial charge in [0.25, 0.3) is 11.8 Å². The van der Waals surface area contributed by atoms with Gasteiger partial charge in [0.2, 0.25) is 5.91 Å². The van der Waals surface area contributed by atoms with Crippen LogP contribution in [0.3, 0.4) is 0 Å². The minimum absolute atomic E-state index is 0.200. The minimum atomic E-state index is -0.948. The van der Waals surface area contributed by atoms with Crippen LogP contribution in [0.25, 0.3) is 10.9 Å². The molecule has 0 saturated carbocycles. The lowest BCUT2D eigenvalue weighted by atomic mass is 9.90. The maximum atomic E-state index is 13.3. The number of hydrogen-bond donors (Lipinski definition) is 4. The number of likely N-dealkylation sites (N-methyl/N-ethyl adjacent to an activating group) is 1. The number of carbonyl (C=O) groups excluding carboxylic acids is 3. The van der Waals surface area contributed by atoms with Crippen LogP contribution < -0.4 is 10.6 Å². The number of aliphatic hydroxyl groups is 1. The standard InChI is InChI=1S/C27H33ClN6O4S/c1-27(2,14-35)26(38)34-9-7-18(30-23(36)20-11-15-10-16(28)4-5-17(15)29-20)21(12-34)31-24(37)25-32-19-6-8-33(3)13-22(19)39-25/h4-5,10-11,18,21,29,35H,6-9,12-14H2,1-3H3,(H,30,36)(H,31,37)/t18-,21+/m0/s1. The Morgan fingerprint density at radius 2 is 1.95 bits per heavy atom. The van der Waals surface area contributed by atoms with E-state index in [9.17, 15) is 19.5 Å². The van der Waals surface area contributed by atoms with E-state index in [4.69, 9.17) is 11.6 Å². The molecule has 2 aliphatic rings. The van der Waals surface area contributed by atoms with Crippen LogP contribution in [0.5, 0.6) is 0 Å². The molecule has 2 atom stereocenters. The predicted octanol–water partition coefficient (Wildman–Crippen LogP) is 2.41. The number of H-pyrrole nitrogens is 1. The van der Waals surface area contributed by atoms with Gasteiger partial charge in [-0.15, -0.1) is 11.3 Å². The molecule has 3 amide bonds. The monoisotopic (exact) mass is 572 g/mol. The van der Waals surface area contributed by atoms with Crippen molar-refractivity contribution in [1.29, 1.82) is 0 Å². The number of benzene rings is 1. The molecule has 0 unspecified atom stereocenters. The summed E-state index contributed by atoms with van der Waals surface area (Å²) in [5, 5.41) is 17.6. The first-order chi connectivity index (χ1) is 18.5. The highest BCUT2D eigenvalue weighted by molar-refractivity contribution is 7.13. The van der Waals surface area contributed by atoms with Crippen molar-refractivity contribution in [3.8, 4) is 0 Å². The molecule has 4 heterocycles. The van der Waals surface area contributed by atoms with Crippen LogP contribution in [0, 0.1) is 5.41 Å². The molecule has 208 valence electrons. The molecule has 2 aromatic heterocycles. The lowest BCUT2D eigenvalue weighted by molar-refractivity contribution is -0.144. The summed E-state index contributed by atoms with van der Waals surface area (Å²) in [6, 6.07) is 6.13. The molecule has 0 radical (unpaired) electrons. The van der Waals surface area contributed by atoms with Crippen molar-refractivity contribution in [2.24, 2.45) is 5.41 Å². The molecule has 1 saturated heterocycles. The fourth-order valence-electron chi connectivity index (χ4n) is 5.07. The van der Waals surface area contributed by atoms with Crippen molar-refractivity contribution in [1.82, 2.24) is 30.4 Å². The van der Waals surface area contributed by atoms with Gasteiger partial charge in [0.1, 0.15) is 5.69 Å². The predicted molar refractivity (Wildman–Crippen MR) is 150 cm³/mol. The molecule has 12 heteroatoms. The number of carbonyl (C=O) groups is 3. The normalized spacial score (nSPS) is 20.1. The van der Waals surface area contributed by atoms with Gasteiger partial charge in [-0.3, -0.25) is 14.4 Å². The Kier molecular flexibility index (Phi) is 7.69. The molecular weight excluding hydrogens is 540 g/mol. The summed E-state index contributed by atoms with van der Waals surface area (Å²) in [5.74, 6) is -0.832. The van der Waals surface area contributed by atoms with Gasteiger partial charge < -0.3 is 30.5 Å². The number of fused-ring (bicyclic) bond motifs is 2. The first kappa shape index (κ1) is 27.6. The number of likely N-dealkylation sites (tertiary alicyclic amines) is 1. The fraction of sp³-hybridized carbons (Fsp3) is 0.481. The van der Waals surface area contributed by atoms with Crippen LogP contribution in [0.1, 0.15) is 51.1 Å². The third-order valence-corrected chi connectivity index (χ3v) is 8.77. The fourth-order valence-corrected chi connectivity index (χ4v) is 6.35. The van der Waals surface area contributed by atoms with Gasteiger partial charge in [-0.1, -0.05) is 11.6 Å². The number of nitrogens with one attached hydrogen (secondary N) is 3. The number of aliphatic hydroxyl groups excluding tert-OH is 1. The summed E-state index contributed by atoms with van der Waals surface area (Å²) in [6.07, 6.45) is 1.24. The SMILES string of the molecule is CN1CCc2nc(C(=O)N[C@@H]3CN(C(=O)C(C)(C)CO)CC[C@@H]3NC(=O)c3cc4cc(Cl)ccc4[nH]3)sc2C1. The molecule has 0 aliphatic carbocycles. The summed E-state index contributed by atoms with van der Waals surface area (Å²) in [5.41, 5.74) is 1.18. The Bertz CT molecular complexity index is 1420. The van der Waals surface area contributed by atoms with Crippen molar-refractivity contribution >= 4 is 51.6 Å². The van der Waals surface area contributed by atoms with Gasteiger partial charge >= 0.3 is 0 Å². The first-order valence-electron chi connectivity index (χ1n) is 13.0. The Labute approximate surface area is 235 Å². The highest BCUT2D eigenvalue weighted by atomic mass is 35.5. The molecule has 4 N–H and O–H groups in total. The number of halogens is 1. The topological polar surface area (TPSA) is 131 Å². The highest BCUT2D eigenvalue weighted by Crippen LogP contribution is 2.26. The van der Waals surface area contributed by atoms with Gasteiger partial charge in [0.05, 0.1) is 29.8 Å². The van der Waals surface area contributed by atoms with Gasteiger partial charge in [-0.25, -0.2) is 4.98 Å². The van der Waals surface area contributed by atoms with Crippen LogP contribution in [0.4, 0.5) is 0 Å². The van der Waals surface area contributed by atoms with Gasteiger partial charge in [0.15, 0.2) is 5.01 Å². The molecule has 5 rings (SSSR count). The van der Waals surface area contributed by atoms with Crippen molar-refractivity contribution in [2.45, 2.75) is 45.3 Å². The van der Waals surface area contributed by atoms with Crippen molar-refractivity contribution in [3.05, 3.63) is 50.6 Å². The molecule has 10 nitrogen and oxygen atoms in total. The van der Waals surface area contributed by atoms with Crippen LogP contribution in [0.15, 0.2) is 24.3 Å². The Hall–Kier alpha value is -2.99. The quantitative estimate of drug-likeness (QED) is 0.359. The average molecular weight is 573 g/mol. The summed E-state index contributed by atoms with van der Waals surface area (Å²) in [7, 11) is 2.04. The van der Waals surface area contributed by atoms with E-state index in [1.165, 1.54) is 11.3 Å². The summed E-state index contributed by atoms with van der Waals surface area (Å²) in [6.45, 7) is 5.34. The second kappa shape index (κ2) is 10.9. The van der Waals surface area contributed by atoms with E-state index in [0.717, 1.165) is 41.0 Å². The maximum absolute atomic E-state index is 13.3. The largest absolute Gasteiger partial charge is 0.395 e. The van der Waals surface area contributed by atoms with Crippen LogP contribution in [0.2, 0.25) is 5.02 Å². The van der Waals surface area contributed by atoms with Crippen LogP contribution >= 0.6 is 22.9 Å².